The minimum Gasteiger partial charge on any atom is -0.382 e. The fraction of sp³-hybridized carbons (Fsp3) is 0.615. The fourth-order valence-electron chi connectivity index (χ4n) is 2.62. The molecule has 3 N–H and O–H groups in total. The molecule has 5 nitrogen and oxygen atoms in total. The van der Waals surface area contributed by atoms with E-state index >= 15 is 0 Å². The molecule has 1 aromatic heterocycles. The summed E-state index contributed by atoms with van der Waals surface area (Å²) in [6, 6.07) is 1.25. The lowest BCUT2D eigenvalue weighted by Gasteiger charge is -2.28. The maximum atomic E-state index is 12.3. The molecule has 1 aliphatic rings. The first kappa shape index (κ1) is 15.5. The van der Waals surface area contributed by atoms with E-state index in [4.69, 9.17) is 17.3 Å². The van der Waals surface area contributed by atoms with E-state index < -0.39 is 10.0 Å². The molecule has 0 amide bonds. The molecule has 0 aliphatic heterocycles. The number of hydrogen-bond acceptors (Lipinski definition) is 4. The molecule has 0 saturated heterocycles. The molecule has 1 saturated carbocycles. The van der Waals surface area contributed by atoms with E-state index in [9.17, 15) is 8.42 Å². The average molecular weight is 318 g/mol. The second kappa shape index (κ2) is 6.28. The summed E-state index contributed by atoms with van der Waals surface area (Å²) < 4.78 is 27.3. The van der Waals surface area contributed by atoms with E-state index in [1.807, 2.05) is 6.92 Å². The molecule has 0 spiro atoms. The van der Waals surface area contributed by atoms with Crippen molar-refractivity contribution in [3.63, 3.8) is 0 Å². The van der Waals surface area contributed by atoms with Gasteiger partial charge in [0.15, 0.2) is 0 Å². The van der Waals surface area contributed by atoms with Crippen LogP contribution in [0.4, 0.5) is 5.82 Å². The Kier molecular flexibility index (Phi) is 4.88. The zero-order valence-corrected chi connectivity index (χ0v) is 13.0. The Labute approximate surface area is 125 Å². The molecule has 20 heavy (non-hydrogen) atoms. The first-order valence-electron chi connectivity index (χ1n) is 6.83. The Balaban J connectivity index is 2.11. The van der Waals surface area contributed by atoms with Crippen molar-refractivity contribution in [2.75, 3.05) is 5.73 Å². The van der Waals surface area contributed by atoms with Crippen molar-refractivity contribution in [3.05, 3.63) is 17.3 Å². The average Bonchev–Trinajstić information content (AvgIpc) is 2.42. The van der Waals surface area contributed by atoms with Crippen molar-refractivity contribution in [1.82, 2.24) is 9.71 Å². The Morgan fingerprint density at radius 3 is 2.65 bits per heavy atom. The Morgan fingerprint density at radius 1 is 1.40 bits per heavy atom. The number of nitrogen functional groups attached to an aromatic ring is 1. The Hall–Kier alpha value is -0.850. The first-order valence-corrected chi connectivity index (χ1v) is 8.69. The molecule has 1 aliphatic carbocycles. The number of aromatic nitrogens is 1. The highest BCUT2D eigenvalue weighted by Gasteiger charge is 2.25. The number of hydrogen-bond donors (Lipinski definition) is 2. The highest BCUT2D eigenvalue weighted by Crippen LogP contribution is 2.27. The zero-order valence-electron chi connectivity index (χ0n) is 11.5. The van der Waals surface area contributed by atoms with E-state index in [1.165, 1.54) is 31.5 Å². The monoisotopic (exact) mass is 317 g/mol. The van der Waals surface area contributed by atoms with Crippen molar-refractivity contribution >= 4 is 27.4 Å². The largest absolute Gasteiger partial charge is 0.382 e. The van der Waals surface area contributed by atoms with Crippen molar-refractivity contribution < 1.29 is 8.42 Å². The zero-order chi connectivity index (χ0) is 14.8. The van der Waals surface area contributed by atoms with Crippen LogP contribution in [-0.2, 0) is 10.0 Å². The minimum absolute atomic E-state index is 0.0550. The van der Waals surface area contributed by atoms with Crippen LogP contribution >= 0.6 is 11.6 Å². The number of nitrogens with two attached hydrogens (primary N) is 1. The number of pyridine rings is 1. The van der Waals surface area contributed by atoms with Crippen molar-refractivity contribution in [2.24, 2.45) is 5.92 Å². The summed E-state index contributed by atoms with van der Waals surface area (Å²) in [7, 11) is -3.60. The van der Waals surface area contributed by atoms with E-state index in [-0.39, 0.29) is 21.8 Å². The predicted molar refractivity (Wildman–Crippen MR) is 80.0 cm³/mol. The van der Waals surface area contributed by atoms with Crippen molar-refractivity contribution in [2.45, 2.75) is 50.0 Å². The number of halogens is 1. The SMILES string of the molecule is CC(NS(=O)(=O)c1cnc(N)c(Cl)c1)C1CCCCC1. The summed E-state index contributed by atoms with van der Waals surface area (Å²) in [6.45, 7) is 1.92. The maximum Gasteiger partial charge on any atom is 0.242 e. The van der Waals surface area contributed by atoms with Crippen LogP contribution < -0.4 is 10.5 Å². The van der Waals surface area contributed by atoms with Crippen LogP contribution in [0, 0.1) is 5.92 Å². The summed E-state index contributed by atoms with van der Waals surface area (Å²) in [5.74, 6) is 0.529. The molecule has 0 radical (unpaired) electrons. The smallest absolute Gasteiger partial charge is 0.242 e. The Morgan fingerprint density at radius 2 is 2.05 bits per heavy atom. The standard InChI is InChI=1S/C13H20ClN3O2S/c1-9(10-5-3-2-4-6-10)17-20(18,19)11-7-12(14)13(15)16-8-11/h7-10,17H,2-6H2,1H3,(H2,15,16). The van der Waals surface area contributed by atoms with E-state index in [0.717, 1.165) is 12.8 Å². The molecular formula is C13H20ClN3O2S. The predicted octanol–water partition coefficient (Wildman–Crippen LogP) is 2.56. The van der Waals surface area contributed by atoms with Gasteiger partial charge in [-0.3, -0.25) is 0 Å². The molecule has 2 rings (SSSR count). The van der Waals surface area contributed by atoms with Crippen LogP contribution in [0.25, 0.3) is 0 Å². The molecule has 0 aromatic carbocycles. The lowest BCUT2D eigenvalue weighted by Crippen LogP contribution is -2.38. The van der Waals surface area contributed by atoms with Crippen molar-refractivity contribution in [3.8, 4) is 0 Å². The topological polar surface area (TPSA) is 85.1 Å². The number of nitrogens with zero attached hydrogens (tertiary/aromatic N) is 1. The van der Waals surface area contributed by atoms with Gasteiger partial charge in [-0.1, -0.05) is 30.9 Å². The van der Waals surface area contributed by atoms with Crippen LogP contribution in [0.1, 0.15) is 39.0 Å². The third kappa shape index (κ3) is 3.62. The van der Waals surface area contributed by atoms with Gasteiger partial charge in [0.1, 0.15) is 10.7 Å². The molecule has 1 atom stereocenters. The molecular weight excluding hydrogens is 298 g/mol. The van der Waals surface area contributed by atoms with E-state index in [1.54, 1.807) is 0 Å². The van der Waals surface area contributed by atoms with Crippen LogP contribution in [0.3, 0.4) is 0 Å². The van der Waals surface area contributed by atoms with Gasteiger partial charge in [-0.25, -0.2) is 18.1 Å². The molecule has 112 valence electrons. The van der Waals surface area contributed by atoms with E-state index in [0.29, 0.717) is 5.92 Å². The second-order valence-electron chi connectivity index (χ2n) is 5.35. The number of nitrogens with one attached hydrogen (secondary N) is 1. The maximum absolute atomic E-state index is 12.3. The van der Waals surface area contributed by atoms with Crippen LogP contribution in [0.15, 0.2) is 17.2 Å². The molecule has 1 unspecified atom stereocenters. The van der Waals surface area contributed by atoms with Gasteiger partial charge in [0.05, 0.1) is 5.02 Å². The minimum atomic E-state index is -3.60. The number of sulfonamides is 1. The molecule has 1 fully saturated rings. The quantitative estimate of drug-likeness (QED) is 0.893. The van der Waals surface area contributed by atoms with Crippen molar-refractivity contribution in [1.29, 1.82) is 0 Å². The third-order valence-corrected chi connectivity index (χ3v) is 5.68. The van der Waals surface area contributed by atoms with Gasteiger partial charge in [0.2, 0.25) is 10.0 Å². The number of anilines is 1. The lowest BCUT2D eigenvalue weighted by atomic mass is 9.85. The summed E-state index contributed by atoms with van der Waals surface area (Å²) in [6.07, 6.45) is 6.97. The summed E-state index contributed by atoms with van der Waals surface area (Å²) in [4.78, 5) is 3.85. The normalized spacial score (nSPS) is 18.9. The van der Waals surface area contributed by atoms with Crippen LogP contribution in [0.5, 0.6) is 0 Å². The van der Waals surface area contributed by atoms with Gasteiger partial charge in [-0.2, -0.15) is 0 Å². The summed E-state index contributed by atoms with van der Waals surface area (Å²) >= 11 is 5.83. The highest BCUT2D eigenvalue weighted by molar-refractivity contribution is 7.89. The molecule has 1 aromatic rings. The summed E-state index contributed by atoms with van der Waals surface area (Å²) in [5.41, 5.74) is 5.49. The van der Waals surface area contributed by atoms with Gasteiger partial charge in [-0.05, 0) is 31.7 Å². The van der Waals surface area contributed by atoms with Gasteiger partial charge < -0.3 is 5.73 Å². The van der Waals surface area contributed by atoms with E-state index in [2.05, 4.69) is 9.71 Å². The van der Waals surface area contributed by atoms with Gasteiger partial charge in [-0.15, -0.1) is 0 Å². The Bertz CT molecular complexity index is 571. The molecule has 1 heterocycles. The summed E-state index contributed by atoms with van der Waals surface area (Å²) in [5, 5.41) is 0.151. The van der Waals surface area contributed by atoms with Gasteiger partial charge in [0, 0.05) is 12.2 Å². The number of rotatable bonds is 4. The highest BCUT2D eigenvalue weighted by atomic mass is 35.5. The van der Waals surface area contributed by atoms with Gasteiger partial charge >= 0.3 is 0 Å². The fourth-order valence-corrected chi connectivity index (χ4v) is 4.13. The van der Waals surface area contributed by atoms with Crippen LogP contribution in [-0.4, -0.2) is 19.4 Å². The molecule has 7 heteroatoms. The van der Waals surface area contributed by atoms with Gasteiger partial charge in [0.25, 0.3) is 0 Å². The molecule has 0 bridgehead atoms. The third-order valence-electron chi connectivity index (χ3n) is 3.85. The lowest BCUT2D eigenvalue weighted by molar-refractivity contribution is 0.303. The first-order chi connectivity index (χ1) is 9.40. The van der Waals surface area contributed by atoms with Crippen LogP contribution in [0.2, 0.25) is 5.02 Å². The second-order valence-corrected chi connectivity index (χ2v) is 7.47.